The number of rotatable bonds is 4. The molecule has 0 aliphatic rings. The number of benzene rings is 1. The molecule has 2 aromatic heterocycles. The minimum atomic E-state index is 0.896. The van der Waals surface area contributed by atoms with E-state index in [2.05, 4.69) is 46.1 Å². The van der Waals surface area contributed by atoms with Crippen LogP contribution >= 0.6 is 0 Å². The van der Waals surface area contributed by atoms with Crippen molar-refractivity contribution in [3.63, 3.8) is 0 Å². The van der Waals surface area contributed by atoms with Crippen LogP contribution in [0.25, 0.3) is 11.0 Å². The molecule has 0 aliphatic carbocycles. The van der Waals surface area contributed by atoms with E-state index in [1.54, 1.807) is 0 Å². The summed E-state index contributed by atoms with van der Waals surface area (Å²) >= 11 is 0. The lowest BCUT2D eigenvalue weighted by atomic mass is 10.1. The van der Waals surface area contributed by atoms with Crippen molar-refractivity contribution in [1.29, 1.82) is 0 Å². The first-order valence-electron chi connectivity index (χ1n) is 6.72. The number of nitrogens with one attached hydrogen (secondary N) is 1. The zero-order valence-corrected chi connectivity index (χ0v) is 11.1. The lowest BCUT2D eigenvalue weighted by Gasteiger charge is -1.97. The average molecular weight is 251 g/mol. The summed E-state index contributed by atoms with van der Waals surface area (Å²) in [5, 5.41) is 0. The van der Waals surface area contributed by atoms with Gasteiger partial charge in [0.25, 0.3) is 0 Å². The Morgan fingerprint density at radius 2 is 2.05 bits per heavy atom. The maximum atomic E-state index is 4.62. The van der Waals surface area contributed by atoms with Crippen LogP contribution in [-0.4, -0.2) is 15.0 Å². The second kappa shape index (κ2) is 5.22. The van der Waals surface area contributed by atoms with E-state index in [0.29, 0.717) is 0 Å². The molecule has 3 nitrogen and oxygen atoms in total. The Morgan fingerprint density at radius 3 is 2.84 bits per heavy atom. The Balaban J connectivity index is 1.78. The molecule has 0 fully saturated rings. The largest absolute Gasteiger partial charge is 0.342 e. The van der Waals surface area contributed by atoms with Crippen LogP contribution in [0.3, 0.4) is 0 Å². The van der Waals surface area contributed by atoms with Gasteiger partial charge >= 0.3 is 0 Å². The summed E-state index contributed by atoms with van der Waals surface area (Å²) in [5.41, 5.74) is 4.63. The van der Waals surface area contributed by atoms with Crippen molar-refractivity contribution in [2.24, 2.45) is 0 Å². The van der Waals surface area contributed by atoms with E-state index >= 15 is 0 Å². The van der Waals surface area contributed by atoms with Crippen LogP contribution in [0.1, 0.15) is 24.0 Å². The summed E-state index contributed by atoms with van der Waals surface area (Å²) in [6.07, 6.45) is 4.70. The highest BCUT2D eigenvalue weighted by molar-refractivity contribution is 5.75. The molecule has 0 bridgehead atoms. The van der Waals surface area contributed by atoms with Gasteiger partial charge in [-0.25, -0.2) is 4.98 Å². The second-order valence-electron chi connectivity index (χ2n) is 4.71. The Bertz CT molecular complexity index is 671. The fraction of sp³-hybridized carbons (Fsp3) is 0.250. The number of aromatic nitrogens is 3. The van der Waals surface area contributed by atoms with Crippen molar-refractivity contribution in [2.45, 2.75) is 26.2 Å². The number of hydrogen-bond donors (Lipinski definition) is 1. The second-order valence-corrected chi connectivity index (χ2v) is 4.71. The van der Waals surface area contributed by atoms with Gasteiger partial charge in [-0.3, -0.25) is 4.98 Å². The van der Waals surface area contributed by atoms with Crippen LogP contribution in [0.15, 0.2) is 42.6 Å². The van der Waals surface area contributed by atoms with E-state index in [1.807, 2.05) is 18.3 Å². The Hall–Kier alpha value is -2.16. The molecule has 3 rings (SSSR count). The van der Waals surface area contributed by atoms with Gasteiger partial charge in [0.1, 0.15) is 5.82 Å². The standard InChI is InChI=1S/C16H17N3/c1-2-12-6-8-14-15(11-12)19-16(18-14)9-7-13-5-3-4-10-17-13/h3-6,8,10-11H,2,7,9H2,1H3,(H,18,19). The third-order valence-electron chi connectivity index (χ3n) is 3.35. The van der Waals surface area contributed by atoms with Crippen molar-refractivity contribution in [3.8, 4) is 0 Å². The molecule has 0 aliphatic heterocycles. The summed E-state index contributed by atoms with van der Waals surface area (Å²) in [5.74, 6) is 1.04. The molecule has 0 spiro atoms. The van der Waals surface area contributed by atoms with Gasteiger partial charge in [0, 0.05) is 18.3 Å². The Kier molecular flexibility index (Phi) is 3.27. The summed E-state index contributed by atoms with van der Waals surface area (Å²) in [7, 11) is 0. The monoisotopic (exact) mass is 251 g/mol. The third-order valence-corrected chi connectivity index (χ3v) is 3.35. The summed E-state index contributed by atoms with van der Waals surface area (Å²) in [4.78, 5) is 12.4. The number of aryl methyl sites for hydroxylation is 3. The molecular formula is C16H17N3. The highest BCUT2D eigenvalue weighted by Gasteiger charge is 2.04. The summed E-state index contributed by atoms with van der Waals surface area (Å²) in [6.45, 7) is 2.17. The zero-order valence-electron chi connectivity index (χ0n) is 11.1. The molecule has 0 saturated heterocycles. The number of hydrogen-bond acceptors (Lipinski definition) is 2. The lowest BCUT2D eigenvalue weighted by molar-refractivity contribution is 0.861. The molecule has 0 atom stereocenters. The molecule has 0 saturated carbocycles. The molecule has 0 amide bonds. The minimum absolute atomic E-state index is 0.896. The number of H-pyrrole nitrogens is 1. The fourth-order valence-electron chi connectivity index (χ4n) is 2.24. The number of nitrogens with zero attached hydrogens (tertiary/aromatic N) is 2. The van der Waals surface area contributed by atoms with E-state index < -0.39 is 0 Å². The highest BCUT2D eigenvalue weighted by Crippen LogP contribution is 2.15. The highest BCUT2D eigenvalue weighted by atomic mass is 14.9. The minimum Gasteiger partial charge on any atom is -0.342 e. The zero-order chi connectivity index (χ0) is 13.1. The van der Waals surface area contributed by atoms with Crippen molar-refractivity contribution in [3.05, 3.63) is 59.7 Å². The Morgan fingerprint density at radius 1 is 1.11 bits per heavy atom. The van der Waals surface area contributed by atoms with Crippen LogP contribution in [0.2, 0.25) is 0 Å². The predicted molar refractivity (Wildman–Crippen MR) is 77.1 cm³/mol. The molecule has 3 aromatic rings. The van der Waals surface area contributed by atoms with Crippen LogP contribution in [-0.2, 0) is 19.3 Å². The smallest absolute Gasteiger partial charge is 0.107 e. The van der Waals surface area contributed by atoms with E-state index in [4.69, 9.17) is 0 Å². The first-order chi connectivity index (χ1) is 9.35. The van der Waals surface area contributed by atoms with Gasteiger partial charge in [0.2, 0.25) is 0 Å². The summed E-state index contributed by atoms with van der Waals surface area (Å²) < 4.78 is 0. The third kappa shape index (κ3) is 2.65. The molecule has 0 unspecified atom stereocenters. The normalized spacial score (nSPS) is 11.0. The molecule has 2 heterocycles. The summed E-state index contributed by atoms with van der Waals surface area (Å²) in [6, 6.07) is 12.4. The average Bonchev–Trinajstić information content (AvgIpc) is 2.88. The van der Waals surface area contributed by atoms with E-state index in [-0.39, 0.29) is 0 Å². The van der Waals surface area contributed by atoms with E-state index in [9.17, 15) is 0 Å². The van der Waals surface area contributed by atoms with Gasteiger partial charge in [-0.05, 0) is 42.7 Å². The van der Waals surface area contributed by atoms with Crippen LogP contribution in [0, 0.1) is 0 Å². The van der Waals surface area contributed by atoms with E-state index in [0.717, 1.165) is 41.8 Å². The van der Waals surface area contributed by atoms with Crippen LogP contribution in [0.4, 0.5) is 0 Å². The van der Waals surface area contributed by atoms with Gasteiger partial charge in [0.05, 0.1) is 11.0 Å². The SMILES string of the molecule is CCc1ccc2nc(CCc3ccccn3)[nH]c2c1. The quantitative estimate of drug-likeness (QED) is 0.773. The maximum Gasteiger partial charge on any atom is 0.107 e. The Labute approximate surface area is 112 Å². The predicted octanol–water partition coefficient (Wildman–Crippen LogP) is 3.31. The number of imidazole rings is 1. The van der Waals surface area contributed by atoms with Gasteiger partial charge in [-0.1, -0.05) is 19.1 Å². The molecular weight excluding hydrogens is 234 g/mol. The maximum absolute atomic E-state index is 4.62. The number of aromatic amines is 1. The van der Waals surface area contributed by atoms with Crippen molar-refractivity contribution in [1.82, 2.24) is 15.0 Å². The molecule has 19 heavy (non-hydrogen) atoms. The molecule has 96 valence electrons. The number of pyridine rings is 1. The number of fused-ring (bicyclic) bond motifs is 1. The molecule has 1 aromatic carbocycles. The fourth-order valence-corrected chi connectivity index (χ4v) is 2.24. The van der Waals surface area contributed by atoms with Gasteiger partial charge < -0.3 is 4.98 Å². The first-order valence-corrected chi connectivity index (χ1v) is 6.72. The van der Waals surface area contributed by atoms with Crippen molar-refractivity contribution < 1.29 is 0 Å². The van der Waals surface area contributed by atoms with Crippen LogP contribution in [0.5, 0.6) is 0 Å². The topological polar surface area (TPSA) is 41.6 Å². The van der Waals surface area contributed by atoms with Crippen molar-refractivity contribution >= 4 is 11.0 Å². The van der Waals surface area contributed by atoms with Gasteiger partial charge in [0.15, 0.2) is 0 Å². The van der Waals surface area contributed by atoms with Gasteiger partial charge in [-0.15, -0.1) is 0 Å². The molecule has 3 heteroatoms. The van der Waals surface area contributed by atoms with Crippen molar-refractivity contribution in [2.75, 3.05) is 0 Å². The van der Waals surface area contributed by atoms with Crippen LogP contribution < -0.4 is 0 Å². The molecule has 0 radical (unpaired) electrons. The lowest BCUT2D eigenvalue weighted by Crippen LogP contribution is -1.95. The molecule has 1 N–H and O–H groups in total. The first kappa shape index (κ1) is 11.9. The van der Waals surface area contributed by atoms with Gasteiger partial charge in [-0.2, -0.15) is 0 Å². The van der Waals surface area contributed by atoms with E-state index in [1.165, 1.54) is 5.56 Å².